The summed E-state index contributed by atoms with van der Waals surface area (Å²) in [5.74, 6) is 0. The summed E-state index contributed by atoms with van der Waals surface area (Å²) in [6.45, 7) is 1.05. The Morgan fingerprint density at radius 3 is 2.20 bits per heavy atom. The van der Waals surface area contributed by atoms with Crippen molar-refractivity contribution in [2.24, 2.45) is 0 Å². The molecule has 0 radical (unpaired) electrons. The maximum Gasteiger partial charge on any atom is 0.673 e. The molecule has 4 rings (SSSR count). The van der Waals surface area contributed by atoms with Crippen LogP contribution in [0.15, 0.2) is 66.7 Å². The summed E-state index contributed by atoms with van der Waals surface area (Å²) in [6.07, 6.45) is 3.39. The van der Waals surface area contributed by atoms with Crippen LogP contribution < -0.4 is 0 Å². The normalized spacial score (nSPS) is 13.5. The van der Waals surface area contributed by atoms with Crippen molar-refractivity contribution in [3.63, 3.8) is 0 Å². The van der Waals surface area contributed by atoms with Gasteiger partial charge >= 0.3 is 7.25 Å². The number of fused-ring (bicyclic) bond motifs is 2. The minimum absolute atomic E-state index is 1.05. The van der Waals surface area contributed by atoms with Crippen LogP contribution in [0.25, 0.3) is 10.8 Å². The van der Waals surface area contributed by atoms with Gasteiger partial charge in [0.25, 0.3) is 0 Å². The first kappa shape index (κ1) is 17.2. The number of hydrogen-bond acceptors (Lipinski definition) is 0. The first-order valence-corrected chi connectivity index (χ1v) is 7.96. The van der Waals surface area contributed by atoms with Gasteiger partial charge < -0.3 is 17.3 Å². The van der Waals surface area contributed by atoms with E-state index >= 15 is 0 Å². The molecule has 3 aromatic rings. The maximum absolute atomic E-state index is 9.75. The lowest BCUT2D eigenvalue weighted by atomic mass is 10.0. The number of halogens is 4. The molecule has 128 valence electrons. The van der Waals surface area contributed by atoms with Crippen molar-refractivity contribution in [2.75, 3.05) is 6.54 Å². The largest absolute Gasteiger partial charge is 0.673 e. The van der Waals surface area contributed by atoms with Gasteiger partial charge in [0, 0.05) is 18.1 Å². The van der Waals surface area contributed by atoms with Gasteiger partial charge in [0.2, 0.25) is 5.69 Å². The molecule has 0 amide bonds. The number of benzene rings is 3. The van der Waals surface area contributed by atoms with Crippen molar-refractivity contribution in [1.82, 2.24) is 0 Å². The topological polar surface area (TPSA) is 3.01 Å². The summed E-state index contributed by atoms with van der Waals surface area (Å²) in [7, 11) is -6.00. The van der Waals surface area contributed by atoms with Crippen molar-refractivity contribution in [3.05, 3.63) is 77.9 Å². The van der Waals surface area contributed by atoms with Crippen LogP contribution in [-0.2, 0) is 6.42 Å². The summed E-state index contributed by atoms with van der Waals surface area (Å²) in [5.41, 5.74) is 4.09. The maximum atomic E-state index is 9.75. The molecule has 0 aromatic heterocycles. The van der Waals surface area contributed by atoms with E-state index < -0.39 is 7.25 Å². The average molecular weight is 345 g/mol. The third kappa shape index (κ3) is 4.47. The Labute approximate surface area is 143 Å². The molecular formula is C19H16BF4N. The number of hydrogen-bond donors (Lipinski definition) is 0. The molecule has 0 bridgehead atoms. The fraction of sp³-hybridized carbons (Fsp3) is 0.105. The minimum Gasteiger partial charge on any atom is -0.418 e. The molecule has 25 heavy (non-hydrogen) atoms. The number of nitrogens with zero attached hydrogens (tertiary/aromatic N) is 1. The minimum atomic E-state index is -6.00. The SMILES string of the molecule is C1=[N+](c2cccc3ccccc23)CCc2ccccc21.F[B-](F)(F)F. The van der Waals surface area contributed by atoms with E-state index in [1.54, 1.807) is 0 Å². The van der Waals surface area contributed by atoms with Gasteiger partial charge in [0.15, 0.2) is 12.8 Å². The van der Waals surface area contributed by atoms with Crippen LogP contribution in [0.2, 0.25) is 0 Å². The lowest BCUT2D eigenvalue weighted by Crippen LogP contribution is -2.18. The highest BCUT2D eigenvalue weighted by Crippen LogP contribution is 2.27. The molecule has 1 nitrogen and oxygen atoms in total. The van der Waals surface area contributed by atoms with E-state index in [9.17, 15) is 17.3 Å². The average Bonchev–Trinajstić information content (AvgIpc) is 2.59. The van der Waals surface area contributed by atoms with Gasteiger partial charge in [-0.2, -0.15) is 4.58 Å². The second-order valence-corrected chi connectivity index (χ2v) is 5.76. The zero-order valence-electron chi connectivity index (χ0n) is 13.4. The lowest BCUT2D eigenvalue weighted by molar-refractivity contribution is -0.434. The first-order chi connectivity index (χ1) is 11.9. The van der Waals surface area contributed by atoms with Gasteiger partial charge in [-0.15, -0.1) is 0 Å². The van der Waals surface area contributed by atoms with E-state index in [0.29, 0.717) is 0 Å². The van der Waals surface area contributed by atoms with E-state index in [-0.39, 0.29) is 0 Å². The predicted molar refractivity (Wildman–Crippen MR) is 94.2 cm³/mol. The molecular weight excluding hydrogens is 329 g/mol. The molecule has 0 fully saturated rings. The van der Waals surface area contributed by atoms with Crippen LogP contribution in [-0.4, -0.2) is 24.6 Å². The highest BCUT2D eigenvalue weighted by molar-refractivity contribution is 6.50. The highest BCUT2D eigenvalue weighted by Gasteiger charge is 2.20. The molecule has 0 unspecified atom stereocenters. The first-order valence-electron chi connectivity index (χ1n) is 7.96. The number of rotatable bonds is 1. The van der Waals surface area contributed by atoms with Gasteiger partial charge in [-0.3, -0.25) is 0 Å². The smallest absolute Gasteiger partial charge is 0.418 e. The van der Waals surface area contributed by atoms with Crippen LogP contribution in [0.5, 0.6) is 0 Å². The van der Waals surface area contributed by atoms with Crippen molar-refractivity contribution >= 4 is 29.9 Å². The summed E-state index contributed by atoms with van der Waals surface area (Å²) in [4.78, 5) is 0. The van der Waals surface area contributed by atoms with E-state index in [1.165, 1.54) is 27.6 Å². The third-order valence-corrected chi connectivity index (χ3v) is 4.05. The van der Waals surface area contributed by atoms with Crippen molar-refractivity contribution in [3.8, 4) is 0 Å². The fourth-order valence-electron chi connectivity index (χ4n) is 3.01. The van der Waals surface area contributed by atoms with Gasteiger partial charge in [0.1, 0.15) is 0 Å². The Kier molecular flexibility index (Phi) is 4.88. The molecule has 0 aliphatic carbocycles. The highest BCUT2D eigenvalue weighted by atomic mass is 19.5. The molecule has 1 heterocycles. The summed E-state index contributed by atoms with van der Waals surface area (Å²) < 4.78 is 41.4. The second kappa shape index (κ2) is 7.09. The van der Waals surface area contributed by atoms with Crippen LogP contribution in [0, 0.1) is 0 Å². The van der Waals surface area contributed by atoms with Gasteiger partial charge in [-0.1, -0.05) is 48.5 Å². The second-order valence-electron chi connectivity index (χ2n) is 5.76. The monoisotopic (exact) mass is 345 g/mol. The fourth-order valence-corrected chi connectivity index (χ4v) is 3.01. The van der Waals surface area contributed by atoms with E-state index in [4.69, 9.17) is 0 Å². The van der Waals surface area contributed by atoms with Crippen LogP contribution in [0.3, 0.4) is 0 Å². The third-order valence-electron chi connectivity index (χ3n) is 4.05. The van der Waals surface area contributed by atoms with Crippen molar-refractivity contribution in [1.29, 1.82) is 0 Å². The Morgan fingerprint density at radius 2 is 1.40 bits per heavy atom. The molecule has 0 saturated carbocycles. The molecule has 1 aliphatic heterocycles. The zero-order valence-corrected chi connectivity index (χ0v) is 13.4. The van der Waals surface area contributed by atoms with Crippen LogP contribution >= 0.6 is 0 Å². The lowest BCUT2D eigenvalue weighted by Gasteiger charge is -2.13. The quantitative estimate of drug-likeness (QED) is 0.313. The summed E-state index contributed by atoms with van der Waals surface area (Å²) in [5, 5.41) is 2.63. The predicted octanol–water partition coefficient (Wildman–Crippen LogP) is 5.46. The molecule has 0 saturated heterocycles. The standard InChI is InChI=1S/C19H16N.BF4/c1-2-8-17-14-20(13-12-15(17)6-1)19-11-5-9-16-7-3-4-10-18(16)19;2-1(3,4)5/h1-11,14H,12-13H2;/q+1;-1. The molecule has 1 aliphatic rings. The Morgan fingerprint density at radius 1 is 0.760 bits per heavy atom. The van der Waals surface area contributed by atoms with E-state index in [0.717, 1.165) is 13.0 Å². The Hall–Kier alpha value is -2.63. The van der Waals surface area contributed by atoms with Gasteiger partial charge in [0.05, 0.1) is 5.39 Å². The molecule has 0 N–H and O–H groups in total. The molecule has 0 atom stereocenters. The van der Waals surface area contributed by atoms with E-state index in [1.807, 2.05) is 0 Å². The van der Waals surface area contributed by atoms with Gasteiger partial charge in [-0.25, -0.2) is 0 Å². The molecule has 6 heteroatoms. The van der Waals surface area contributed by atoms with Crippen LogP contribution in [0.1, 0.15) is 11.1 Å². The van der Waals surface area contributed by atoms with Gasteiger partial charge in [-0.05, 0) is 23.1 Å². The van der Waals surface area contributed by atoms with Crippen molar-refractivity contribution < 1.29 is 21.8 Å². The zero-order chi connectivity index (χ0) is 17.9. The van der Waals surface area contributed by atoms with Crippen LogP contribution in [0.4, 0.5) is 23.0 Å². The summed E-state index contributed by atoms with van der Waals surface area (Å²) in [6, 6.07) is 23.8. The summed E-state index contributed by atoms with van der Waals surface area (Å²) >= 11 is 0. The Balaban J connectivity index is 0.000000324. The van der Waals surface area contributed by atoms with E-state index in [2.05, 4.69) is 77.5 Å². The molecule has 0 spiro atoms. The molecule has 3 aromatic carbocycles. The Bertz CT molecular complexity index is 907. The van der Waals surface area contributed by atoms with Crippen molar-refractivity contribution in [2.45, 2.75) is 6.42 Å².